The van der Waals surface area contributed by atoms with Gasteiger partial charge in [0.15, 0.2) is 0 Å². The molecule has 2 rings (SSSR count). The van der Waals surface area contributed by atoms with Crippen molar-refractivity contribution >= 4 is 6.29 Å². The van der Waals surface area contributed by atoms with Crippen LogP contribution in [0.4, 0.5) is 0 Å². The lowest BCUT2D eigenvalue weighted by molar-refractivity contribution is -0.111. The second-order valence-corrected chi connectivity index (χ2v) is 6.89. The molecule has 0 amide bonds. The summed E-state index contributed by atoms with van der Waals surface area (Å²) in [6.45, 7) is 4.50. The van der Waals surface area contributed by atoms with Gasteiger partial charge in [-0.15, -0.1) is 0 Å². The van der Waals surface area contributed by atoms with Gasteiger partial charge >= 0.3 is 0 Å². The average molecular weight is 322 g/mol. The van der Waals surface area contributed by atoms with Crippen molar-refractivity contribution in [2.75, 3.05) is 0 Å². The minimum atomic E-state index is 0.179. The number of hydrogen-bond donors (Lipinski definition) is 0. The summed E-state index contributed by atoms with van der Waals surface area (Å²) in [5, 5.41) is 0. The minimum Gasteiger partial charge on any atom is -0.303 e. The maximum Gasteiger partial charge on any atom is 0.123 e. The molecule has 0 radical (unpaired) electrons. The van der Waals surface area contributed by atoms with E-state index >= 15 is 0 Å². The van der Waals surface area contributed by atoms with Gasteiger partial charge in [0.2, 0.25) is 0 Å². The van der Waals surface area contributed by atoms with Crippen LogP contribution in [0, 0.1) is 5.92 Å². The summed E-state index contributed by atoms with van der Waals surface area (Å²) in [4.78, 5) is 11.5. The van der Waals surface area contributed by atoms with Crippen LogP contribution in [0.25, 0.3) is 0 Å². The molecule has 0 fully saturated rings. The van der Waals surface area contributed by atoms with Crippen molar-refractivity contribution in [1.29, 1.82) is 0 Å². The first-order valence-corrected chi connectivity index (χ1v) is 9.29. The first-order valence-electron chi connectivity index (χ1n) is 9.29. The van der Waals surface area contributed by atoms with Crippen LogP contribution in [0.2, 0.25) is 0 Å². The Morgan fingerprint density at radius 3 is 2.00 bits per heavy atom. The Kier molecular flexibility index (Phi) is 7.74. The van der Waals surface area contributed by atoms with E-state index < -0.39 is 0 Å². The lowest BCUT2D eigenvalue weighted by Crippen LogP contribution is -2.09. The topological polar surface area (TPSA) is 17.1 Å². The van der Waals surface area contributed by atoms with E-state index in [9.17, 15) is 4.79 Å². The number of hydrogen-bond acceptors (Lipinski definition) is 1. The molecule has 24 heavy (non-hydrogen) atoms. The van der Waals surface area contributed by atoms with E-state index in [-0.39, 0.29) is 5.92 Å². The van der Waals surface area contributed by atoms with Gasteiger partial charge in [-0.25, -0.2) is 0 Å². The van der Waals surface area contributed by atoms with E-state index in [2.05, 4.69) is 74.5 Å². The van der Waals surface area contributed by atoms with Crippen molar-refractivity contribution < 1.29 is 4.79 Å². The number of carbonyl (C=O) groups excluding carboxylic acids is 1. The van der Waals surface area contributed by atoms with E-state index in [1.165, 1.54) is 17.4 Å². The highest BCUT2D eigenvalue weighted by Crippen LogP contribution is 2.29. The highest BCUT2D eigenvalue weighted by atomic mass is 16.1. The molecule has 3 unspecified atom stereocenters. The standard InChI is InChI=1S/C23H30O/c1-3-21(23-15-8-5-9-16-23)17-20(18-24)12-10-11-19(2)22-13-6-4-7-14-22/h4-9,13-16,18-21H,3,10-12,17H2,1-2H3. The van der Waals surface area contributed by atoms with E-state index in [4.69, 9.17) is 0 Å². The minimum absolute atomic E-state index is 0.179. The molecule has 0 aliphatic rings. The van der Waals surface area contributed by atoms with Crippen molar-refractivity contribution in [1.82, 2.24) is 0 Å². The first-order chi connectivity index (χ1) is 11.7. The second-order valence-electron chi connectivity index (χ2n) is 6.89. The predicted octanol–water partition coefficient (Wildman–Crippen LogP) is 6.36. The van der Waals surface area contributed by atoms with Gasteiger partial charge in [0, 0.05) is 5.92 Å². The normalized spacial score (nSPS) is 14.8. The molecule has 3 atom stereocenters. The van der Waals surface area contributed by atoms with Crippen LogP contribution in [0.15, 0.2) is 60.7 Å². The summed E-state index contributed by atoms with van der Waals surface area (Å²) in [7, 11) is 0. The fraction of sp³-hybridized carbons (Fsp3) is 0.435. The fourth-order valence-electron chi connectivity index (χ4n) is 3.51. The maximum absolute atomic E-state index is 11.5. The van der Waals surface area contributed by atoms with Crippen LogP contribution in [0.3, 0.4) is 0 Å². The Bertz CT molecular complexity index is 575. The molecule has 0 saturated carbocycles. The van der Waals surface area contributed by atoms with Crippen LogP contribution in [-0.2, 0) is 4.79 Å². The zero-order valence-corrected chi connectivity index (χ0v) is 15.0. The molecule has 0 N–H and O–H groups in total. The van der Waals surface area contributed by atoms with Gasteiger partial charge in [-0.3, -0.25) is 0 Å². The van der Waals surface area contributed by atoms with Crippen LogP contribution >= 0.6 is 0 Å². The molecule has 0 bridgehead atoms. The molecule has 0 saturated heterocycles. The summed E-state index contributed by atoms with van der Waals surface area (Å²) >= 11 is 0. The molecule has 128 valence electrons. The molecule has 1 nitrogen and oxygen atoms in total. The monoisotopic (exact) mass is 322 g/mol. The summed E-state index contributed by atoms with van der Waals surface area (Å²) in [6, 6.07) is 21.3. The number of benzene rings is 2. The molecule has 0 aromatic heterocycles. The Morgan fingerprint density at radius 1 is 0.875 bits per heavy atom. The smallest absolute Gasteiger partial charge is 0.123 e. The molecule has 0 aliphatic heterocycles. The highest BCUT2D eigenvalue weighted by molar-refractivity contribution is 5.53. The summed E-state index contributed by atoms with van der Waals surface area (Å²) in [5.74, 6) is 1.24. The Morgan fingerprint density at radius 2 is 1.46 bits per heavy atom. The molecular formula is C23H30O. The van der Waals surface area contributed by atoms with Gasteiger partial charge in [0.1, 0.15) is 6.29 Å². The average Bonchev–Trinajstić information content (AvgIpc) is 2.65. The van der Waals surface area contributed by atoms with Gasteiger partial charge in [0.25, 0.3) is 0 Å². The van der Waals surface area contributed by atoms with Crippen molar-refractivity contribution in [3.63, 3.8) is 0 Å². The van der Waals surface area contributed by atoms with Gasteiger partial charge in [0.05, 0.1) is 0 Å². The van der Waals surface area contributed by atoms with Crippen molar-refractivity contribution in [2.24, 2.45) is 5.92 Å². The zero-order valence-electron chi connectivity index (χ0n) is 15.0. The molecule has 0 heterocycles. The summed E-state index contributed by atoms with van der Waals surface area (Å²) in [6.07, 6.45) is 6.52. The van der Waals surface area contributed by atoms with E-state index in [0.29, 0.717) is 11.8 Å². The van der Waals surface area contributed by atoms with Crippen molar-refractivity contribution in [3.8, 4) is 0 Å². The van der Waals surface area contributed by atoms with Crippen molar-refractivity contribution in [2.45, 2.75) is 57.8 Å². The van der Waals surface area contributed by atoms with Gasteiger partial charge in [-0.05, 0) is 48.6 Å². The lowest BCUT2D eigenvalue weighted by atomic mass is 9.84. The van der Waals surface area contributed by atoms with Crippen LogP contribution < -0.4 is 0 Å². The Labute approximate surface area is 147 Å². The molecule has 2 aromatic carbocycles. The van der Waals surface area contributed by atoms with E-state index in [1.54, 1.807) is 0 Å². The third kappa shape index (κ3) is 5.63. The largest absolute Gasteiger partial charge is 0.303 e. The quantitative estimate of drug-likeness (QED) is 0.465. The van der Waals surface area contributed by atoms with Gasteiger partial charge in [-0.2, -0.15) is 0 Å². The first kappa shape index (κ1) is 18.4. The van der Waals surface area contributed by atoms with E-state index in [1.807, 2.05) is 0 Å². The fourth-order valence-corrected chi connectivity index (χ4v) is 3.51. The highest BCUT2D eigenvalue weighted by Gasteiger charge is 2.17. The summed E-state index contributed by atoms with van der Waals surface area (Å²) < 4.78 is 0. The third-order valence-corrected chi connectivity index (χ3v) is 5.12. The molecule has 2 aromatic rings. The SMILES string of the molecule is CCC(CC(C=O)CCCC(C)c1ccccc1)c1ccccc1. The number of carbonyl (C=O) groups is 1. The second kappa shape index (κ2) is 10.1. The number of rotatable bonds is 10. The van der Waals surface area contributed by atoms with Gasteiger partial charge in [-0.1, -0.05) is 80.9 Å². The Hall–Kier alpha value is -1.89. The molecule has 0 spiro atoms. The zero-order chi connectivity index (χ0) is 17.2. The van der Waals surface area contributed by atoms with Crippen LogP contribution in [-0.4, -0.2) is 6.29 Å². The molecular weight excluding hydrogens is 292 g/mol. The maximum atomic E-state index is 11.5. The van der Waals surface area contributed by atoms with E-state index in [0.717, 1.165) is 32.1 Å². The van der Waals surface area contributed by atoms with Gasteiger partial charge < -0.3 is 4.79 Å². The van der Waals surface area contributed by atoms with Crippen molar-refractivity contribution in [3.05, 3.63) is 71.8 Å². The molecule has 1 heteroatoms. The third-order valence-electron chi connectivity index (χ3n) is 5.12. The number of aldehydes is 1. The van der Waals surface area contributed by atoms with Crippen LogP contribution in [0.1, 0.15) is 68.9 Å². The predicted molar refractivity (Wildman–Crippen MR) is 102 cm³/mol. The Balaban J connectivity index is 1.82. The summed E-state index contributed by atoms with van der Waals surface area (Å²) in [5.41, 5.74) is 2.76. The lowest BCUT2D eigenvalue weighted by Gasteiger charge is -2.20. The molecule has 0 aliphatic carbocycles. The van der Waals surface area contributed by atoms with Crippen LogP contribution in [0.5, 0.6) is 0 Å².